The number of benzene rings is 2. The number of hydrogen-bond donors (Lipinski definition) is 1. The standard InChI is InChI=1S/C28H33NO6/c1-27(13-11-25(31)32)22-17-28(18-34-26(22)21-9-3-4-10-23(21)35-27)12-6-14-29(28)24(30)16-19-7-5-8-20(15-19)33-2/h3-5,7-10,15,22,26H,6,11-14,16-18H2,1-2H3,(H,31,32)/t22-,26+,27+,28+/m1/s1. The molecule has 3 aliphatic rings. The first-order chi connectivity index (χ1) is 16.8. The number of para-hydroxylation sites is 1. The smallest absolute Gasteiger partial charge is 0.303 e. The fraction of sp³-hybridized carbons (Fsp3) is 0.500. The summed E-state index contributed by atoms with van der Waals surface area (Å²) in [6.07, 6.45) is 3.06. The highest BCUT2D eigenvalue weighted by Crippen LogP contribution is 2.55. The molecular weight excluding hydrogens is 446 g/mol. The van der Waals surface area contributed by atoms with Crippen molar-refractivity contribution in [1.29, 1.82) is 0 Å². The van der Waals surface area contributed by atoms with Crippen LogP contribution in [-0.2, 0) is 20.7 Å². The fourth-order valence-electron chi connectivity index (χ4n) is 6.25. The van der Waals surface area contributed by atoms with E-state index in [-0.39, 0.29) is 24.3 Å². The largest absolute Gasteiger partial charge is 0.497 e. The Labute approximate surface area is 206 Å². The van der Waals surface area contributed by atoms with Gasteiger partial charge in [-0.15, -0.1) is 0 Å². The summed E-state index contributed by atoms with van der Waals surface area (Å²) in [4.78, 5) is 27.0. The van der Waals surface area contributed by atoms with Crippen LogP contribution in [0.25, 0.3) is 0 Å². The zero-order chi connectivity index (χ0) is 24.6. The number of fused-ring (bicyclic) bond motifs is 3. The topological polar surface area (TPSA) is 85.3 Å². The molecule has 2 fully saturated rings. The molecule has 2 saturated heterocycles. The van der Waals surface area contributed by atoms with Gasteiger partial charge in [0, 0.05) is 24.4 Å². The highest BCUT2D eigenvalue weighted by atomic mass is 16.5. The quantitative estimate of drug-likeness (QED) is 0.661. The summed E-state index contributed by atoms with van der Waals surface area (Å²) < 4.78 is 18.4. The van der Waals surface area contributed by atoms with Crippen LogP contribution in [0.5, 0.6) is 11.5 Å². The molecule has 2 aromatic rings. The van der Waals surface area contributed by atoms with Crippen LogP contribution in [-0.4, -0.2) is 53.3 Å². The molecule has 0 aliphatic carbocycles. The van der Waals surface area contributed by atoms with Gasteiger partial charge in [-0.2, -0.15) is 0 Å². The normalized spacial score (nSPS) is 29.3. The second-order valence-corrected chi connectivity index (χ2v) is 10.3. The SMILES string of the molecule is COc1cccc(CC(=O)N2CCC[C@]23CO[C@H]2c4ccccc4O[C@@](C)(CCC(=O)O)[C@@H]2C3)c1. The Balaban J connectivity index is 1.42. The number of rotatable bonds is 6. The Bertz CT molecular complexity index is 1120. The summed E-state index contributed by atoms with van der Waals surface area (Å²) >= 11 is 0. The van der Waals surface area contributed by atoms with E-state index in [4.69, 9.17) is 14.2 Å². The third-order valence-corrected chi connectivity index (χ3v) is 8.07. The summed E-state index contributed by atoms with van der Waals surface area (Å²) in [5.74, 6) is 0.683. The number of hydrogen-bond acceptors (Lipinski definition) is 5. The molecule has 35 heavy (non-hydrogen) atoms. The summed E-state index contributed by atoms with van der Waals surface area (Å²) in [7, 11) is 1.62. The predicted molar refractivity (Wildman–Crippen MR) is 130 cm³/mol. The van der Waals surface area contributed by atoms with Crippen molar-refractivity contribution in [1.82, 2.24) is 4.90 Å². The van der Waals surface area contributed by atoms with Gasteiger partial charge >= 0.3 is 5.97 Å². The second-order valence-electron chi connectivity index (χ2n) is 10.3. The van der Waals surface area contributed by atoms with Gasteiger partial charge in [0.15, 0.2) is 0 Å². The van der Waals surface area contributed by atoms with Gasteiger partial charge in [-0.25, -0.2) is 0 Å². The third-order valence-electron chi connectivity index (χ3n) is 8.07. The van der Waals surface area contributed by atoms with Gasteiger partial charge in [0.1, 0.15) is 17.1 Å². The number of likely N-dealkylation sites (tertiary alicyclic amines) is 1. The van der Waals surface area contributed by atoms with Crippen LogP contribution in [0.3, 0.4) is 0 Å². The number of carbonyl (C=O) groups is 2. The number of amides is 1. The predicted octanol–water partition coefficient (Wildman–Crippen LogP) is 4.39. The van der Waals surface area contributed by atoms with Crippen molar-refractivity contribution in [2.45, 2.75) is 62.7 Å². The van der Waals surface area contributed by atoms with E-state index in [0.29, 0.717) is 26.0 Å². The Morgan fingerprint density at radius 1 is 1.20 bits per heavy atom. The zero-order valence-corrected chi connectivity index (χ0v) is 20.4. The van der Waals surface area contributed by atoms with Gasteiger partial charge in [-0.3, -0.25) is 9.59 Å². The Hall–Kier alpha value is -3.06. The number of carboxylic acids is 1. The van der Waals surface area contributed by atoms with Gasteiger partial charge in [-0.05, 0) is 56.4 Å². The maximum Gasteiger partial charge on any atom is 0.303 e. The lowest BCUT2D eigenvalue weighted by molar-refractivity contribution is -0.179. The Kier molecular flexibility index (Phi) is 6.21. The van der Waals surface area contributed by atoms with Gasteiger partial charge in [-0.1, -0.05) is 30.3 Å². The van der Waals surface area contributed by atoms with Crippen molar-refractivity contribution in [2.75, 3.05) is 20.3 Å². The van der Waals surface area contributed by atoms with E-state index in [1.54, 1.807) is 7.11 Å². The lowest BCUT2D eigenvalue weighted by Gasteiger charge is -2.54. The van der Waals surface area contributed by atoms with E-state index in [2.05, 4.69) is 0 Å². The molecule has 3 aliphatic heterocycles. The lowest BCUT2D eigenvalue weighted by Crippen LogP contribution is -2.60. The maximum absolute atomic E-state index is 13.5. The molecule has 1 N–H and O–H groups in total. The first kappa shape index (κ1) is 23.7. The van der Waals surface area contributed by atoms with Crippen LogP contribution in [0.15, 0.2) is 48.5 Å². The van der Waals surface area contributed by atoms with Crippen molar-refractivity contribution in [3.8, 4) is 11.5 Å². The number of carboxylic acid groups (broad SMARTS) is 1. The first-order valence-corrected chi connectivity index (χ1v) is 12.4. The van der Waals surface area contributed by atoms with Gasteiger partial charge in [0.05, 0.1) is 31.8 Å². The zero-order valence-electron chi connectivity index (χ0n) is 20.4. The maximum atomic E-state index is 13.5. The summed E-state index contributed by atoms with van der Waals surface area (Å²) in [6, 6.07) is 15.5. The molecule has 0 unspecified atom stereocenters. The summed E-state index contributed by atoms with van der Waals surface area (Å²) in [5, 5.41) is 9.40. The number of ether oxygens (including phenoxy) is 3. The molecule has 7 nitrogen and oxygen atoms in total. The van der Waals surface area contributed by atoms with Crippen molar-refractivity contribution in [3.63, 3.8) is 0 Å². The highest BCUT2D eigenvalue weighted by molar-refractivity contribution is 5.80. The van der Waals surface area contributed by atoms with E-state index in [9.17, 15) is 14.7 Å². The van der Waals surface area contributed by atoms with E-state index in [0.717, 1.165) is 41.9 Å². The summed E-state index contributed by atoms with van der Waals surface area (Å²) in [6.45, 7) is 3.18. The van der Waals surface area contributed by atoms with Crippen LogP contribution < -0.4 is 9.47 Å². The first-order valence-electron chi connectivity index (χ1n) is 12.4. The average Bonchev–Trinajstić information content (AvgIpc) is 3.26. The van der Waals surface area contributed by atoms with Crippen LogP contribution in [0.1, 0.15) is 56.3 Å². The molecule has 3 heterocycles. The van der Waals surface area contributed by atoms with Gasteiger partial charge in [0.25, 0.3) is 0 Å². The minimum absolute atomic E-state index is 0.0212. The molecule has 0 saturated carbocycles. The molecule has 0 bridgehead atoms. The molecule has 0 radical (unpaired) electrons. The monoisotopic (exact) mass is 479 g/mol. The molecule has 4 atom stereocenters. The third kappa shape index (κ3) is 4.38. The van der Waals surface area contributed by atoms with Crippen LogP contribution in [0.4, 0.5) is 0 Å². The molecule has 1 spiro atoms. The van der Waals surface area contributed by atoms with E-state index >= 15 is 0 Å². The number of methoxy groups -OCH3 is 1. The average molecular weight is 480 g/mol. The molecular formula is C28H33NO6. The minimum atomic E-state index is -0.840. The van der Waals surface area contributed by atoms with Crippen molar-refractivity contribution in [2.24, 2.45) is 5.92 Å². The molecule has 5 rings (SSSR count). The Morgan fingerprint density at radius 2 is 2.03 bits per heavy atom. The van der Waals surface area contributed by atoms with Crippen LogP contribution >= 0.6 is 0 Å². The van der Waals surface area contributed by atoms with Crippen molar-refractivity contribution in [3.05, 3.63) is 59.7 Å². The number of nitrogens with zero attached hydrogens (tertiary/aromatic N) is 1. The molecule has 0 aromatic heterocycles. The molecule has 2 aromatic carbocycles. The van der Waals surface area contributed by atoms with Gasteiger partial charge < -0.3 is 24.2 Å². The van der Waals surface area contributed by atoms with Crippen LogP contribution in [0, 0.1) is 5.92 Å². The van der Waals surface area contributed by atoms with Crippen molar-refractivity contribution >= 4 is 11.9 Å². The summed E-state index contributed by atoms with van der Waals surface area (Å²) in [5.41, 5.74) is 0.825. The highest BCUT2D eigenvalue weighted by Gasteiger charge is 2.57. The molecule has 1 amide bonds. The minimum Gasteiger partial charge on any atom is -0.497 e. The number of carbonyl (C=O) groups excluding carboxylic acids is 1. The number of aliphatic carboxylic acids is 1. The Morgan fingerprint density at radius 3 is 2.83 bits per heavy atom. The molecule has 186 valence electrons. The second kappa shape index (κ2) is 9.19. The molecule has 7 heteroatoms. The van der Waals surface area contributed by atoms with Crippen LogP contribution in [0.2, 0.25) is 0 Å². The fourth-order valence-corrected chi connectivity index (χ4v) is 6.25. The lowest BCUT2D eigenvalue weighted by atomic mass is 9.68. The van der Waals surface area contributed by atoms with E-state index in [1.165, 1.54) is 0 Å². The van der Waals surface area contributed by atoms with Crippen molar-refractivity contribution < 1.29 is 28.9 Å². The van der Waals surface area contributed by atoms with E-state index < -0.39 is 17.1 Å². The van der Waals surface area contributed by atoms with E-state index in [1.807, 2.05) is 60.4 Å². The van der Waals surface area contributed by atoms with Gasteiger partial charge in [0.2, 0.25) is 5.91 Å².